The number of carbonyl (C=O) groups is 2. The SMILES string of the molecule is Bc1c(B)c(B)c(C(B)(B)S(=O)(=O)OC2=C(N)OC(B)(c3ccc(C(=O)OCC)cc3)C2=O)c(B)c1B. The summed E-state index contributed by atoms with van der Waals surface area (Å²) in [5.74, 6) is -2.23. The maximum Gasteiger partial charge on any atom is 0.338 e. The Morgan fingerprint density at radius 1 is 1.00 bits per heavy atom. The van der Waals surface area contributed by atoms with Crippen LogP contribution in [0.3, 0.4) is 0 Å². The molecule has 1 unspecified atom stereocenters. The van der Waals surface area contributed by atoms with Gasteiger partial charge in [-0.25, -0.2) is 4.79 Å². The Bertz CT molecular complexity index is 1410. The lowest BCUT2D eigenvalue weighted by Gasteiger charge is -2.32. The van der Waals surface area contributed by atoms with Crippen molar-refractivity contribution in [2.75, 3.05) is 6.61 Å². The number of rotatable bonds is 7. The molecule has 1 atom stereocenters. The lowest BCUT2D eigenvalue weighted by Crippen LogP contribution is -2.60. The van der Waals surface area contributed by atoms with Gasteiger partial charge in [-0.2, -0.15) is 8.42 Å². The van der Waals surface area contributed by atoms with Gasteiger partial charge in [-0.15, -0.1) is 16.4 Å². The van der Waals surface area contributed by atoms with Crippen molar-refractivity contribution in [3.8, 4) is 0 Å². The molecule has 0 amide bonds. The van der Waals surface area contributed by atoms with E-state index in [1.54, 1.807) is 22.6 Å². The van der Waals surface area contributed by atoms with Crippen LogP contribution in [0, 0.1) is 0 Å². The van der Waals surface area contributed by atoms with Crippen LogP contribution in [0.2, 0.25) is 0 Å². The molecule has 184 valence electrons. The van der Waals surface area contributed by atoms with Crippen LogP contribution in [-0.4, -0.2) is 89.5 Å². The molecular weight excluding hydrogens is 485 g/mol. The Morgan fingerprint density at radius 2 is 1.49 bits per heavy atom. The number of nitrogens with two attached hydrogens (primary N) is 1. The highest BCUT2D eigenvalue weighted by molar-refractivity contribution is 7.90. The van der Waals surface area contributed by atoms with Gasteiger partial charge >= 0.3 is 16.1 Å². The fourth-order valence-electron chi connectivity index (χ4n) is 4.79. The van der Waals surface area contributed by atoms with Crippen LogP contribution < -0.4 is 33.0 Å². The Hall–Kier alpha value is -2.81. The number of hydrogen-bond donors (Lipinski definition) is 1. The van der Waals surface area contributed by atoms with Gasteiger partial charge in [0.15, 0.2) is 13.3 Å². The summed E-state index contributed by atoms with van der Waals surface area (Å²) in [6, 6.07) is 6.06. The standard InChI is InChI=1S/C20H27B8NO7S/c1-2-34-18(31)7-3-5-8(6-4-7)19(26)16(30)15(17(29)35-19)36-37(32,33)20(27,28)9-10(21)12(23)14(25)13(24)11(9)22/h3-6H,2,21-29H2,1H3. The van der Waals surface area contributed by atoms with Crippen molar-refractivity contribution < 1.29 is 31.7 Å². The Labute approximate surface area is 225 Å². The molecule has 8 nitrogen and oxygen atoms in total. The molecule has 2 aromatic carbocycles. The summed E-state index contributed by atoms with van der Waals surface area (Å²) < 4.78 is 41.9. The van der Waals surface area contributed by atoms with Gasteiger partial charge in [-0.1, -0.05) is 28.6 Å². The highest BCUT2D eigenvalue weighted by atomic mass is 32.2. The predicted octanol–water partition coefficient (Wildman–Crippen LogP) is -9.91. The minimum absolute atomic E-state index is 0.229. The van der Waals surface area contributed by atoms with E-state index in [9.17, 15) is 18.0 Å². The first-order valence-corrected chi connectivity index (χ1v) is 13.4. The summed E-state index contributed by atoms with van der Waals surface area (Å²) in [7, 11) is 9.85. The van der Waals surface area contributed by atoms with Gasteiger partial charge in [-0.3, -0.25) is 4.79 Å². The molecule has 0 aromatic heterocycles. The Balaban J connectivity index is 1.97. The molecule has 1 aliphatic rings. The number of hydrogen-bond acceptors (Lipinski definition) is 8. The zero-order chi connectivity index (χ0) is 28.1. The molecule has 0 saturated carbocycles. The van der Waals surface area contributed by atoms with Crippen molar-refractivity contribution >= 4 is 112 Å². The summed E-state index contributed by atoms with van der Waals surface area (Å²) in [5, 5.41) is 0. The lowest BCUT2D eigenvalue weighted by atomic mass is 9.53. The molecule has 0 radical (unpaired) electrons. The third kappa shape index (κ3) is 4.67. The van der Waals surface area contributed by atoms with Gasteiger partial charge in [0, 0.05) is 0 Å². The largest absolute Gasteiger partial charge is 0.467 e. The van der Waals surface area contributed by atoms with E-state index in [-0.39, 0.29) is 6.61 Å². The van der Waals surface area contributed by atoms with E-state index < -0.39 is 43.6 Å². The second-order valence-electron chi connectivity index (χ2n) is 10.0. The normalized spacial score (nSPS) is 17.9. The van der Waals surface area contributed by atoms with Gasteiger partial charge in [0.05, 0.1) is 16.7 Å². The van der Waals surface area contributed by atoms with E-state index in [2.05, 4.69) is 0 Å². The van der Waals surface area contributed by atoms with E-state index in [1.807, 2.05) is 39.2 Å². The molecule has 0 aliphatic carbocycles. The highest BCUT2D eigenvalue weighted by Crippen LogP contribution is 2.37. The quantitative estimate of drug-likeness (QED) is 0.221. The van der Waals surface area contributed by atoms with Crippen LogP contribution in [0.15, 0.2) is 35.9 Å². The first kappa shape index (κ1) is 28.8. The van der Waals surface area contributed by atoms with Gasteiger partial charge in [0.1, 0.15) is 54.9 Å². The highest BCUT2D eigenvalue weighted by Gasteiger charge is 2.51. The van der Waals surface area contributed by atoms with Gasteiger partial charge in [0.2, 0.25) is 17.4 Å². The maximum atomic E-state index is 13.7. The minimum atomic E-state index is -4.41. The number of carbonyl (C=O) groups excluding carboxylic acids is 2. The van der Waals surface area contributed by atoms with E-state index >= 15 is 0 Å². The number of benzene rings is 2. The van der Waals surface area contributed by atoms with Crippen molar-refractivity contribution in [2.24, 2.45) is 5.73 Å². The van der Waals surface area contributed by atoms with Crippen LogP contribution in [0.25, 0.3) is 0 Å². The molecule has 37 heavy (non-hydrogen) atoms. The fraction of sp³-hybridized carbons (Fsp3) is 0.200. The molecular formula is C20H27B8NO7S. The first-order valence-electron chi connectivity index (χ1n) is 12.0. The average Bonchev–Trinajstić information content (AvgIpc) is 3.05. The molecule has 1 heterocycles. The first-order chi connectivity index (χ1) is 17.0. The van der Waals surface area contributed by atoms with E-state index in [1.165, 1.54) is 32.1 Å². The summed E-state index contributed by atoms with van der Waals surface area (Å²) in [6.45, 7) is 1.93. The molecule has 3 rings (SSSR count). The van der Waals surface area contributed by atoms with Crippen LogP contribution in [0.5, 0.6) is 0 Å². The maximum absolute atomic E-state index is 13.7. The van der Waals surface area contributed by atoms with Crippen LogP contribution >= 0.6 is 0 Å². The Kier molecular flexibility index (Phi) is 7.63. The molecule has 0 spiro atoms. The van der Waals surface area contributed by atoms with Crippen molar-refractivity contribution in [2.45, 2.75) is 17.0 Å². The van der Waals surface area contributed by atoms with Crippen LogP contribution in [0.4, 0.5) is 0 Å². The van der Waals surface area contributed by atoms with E-state index in [4.69, 9.17) is 19.4 Å². The molecule has 1 aliphatic heterocycles. The van der Waals surface area contributed by atoms with Crippen LogP contribution in [0.1, 0.15) is 28.4 Å². The van der Waals surface area contributed by atoms with Crippen LogP contribution in [-0.2, 0) is 38.6 Å². The van der Waals surface area contributed by atoms with Crippen molar-refractivity contribution in [1.29, 1.82) is 0 Å². The number of ether oxygens (including phenoxy) is 2. The third-order valence-corrected chi connectivity index (χ3v) is 9.38. The molecule has 2 N–H and O–H groups in total. The average molecular weight is 512 g/mol. The van der Waals surface area contributed by atoms with Gasteiger partial charge < -0.3 is 19.4 Å². The topological polar surface area (TPSA) is 122 Å². The third-order valence-electron chi connectivity index (χ3n) is 7.54. The monoisotopic (exact) mass is 513 g/mol. The second kappa shape index (κ2) is 9.82. The Morgan fingerprint density at radius 3 is 1.97 bits per heavy atom. The summed E-state index contributed by atoms with van der Waals surface area (Å²) in [6.07, 6.45) is 0. The second-order valence-corrected chi connectivity index (χ2v) is 12.1. The van der Waals surface area contributed by atoms with Gasteiger partial charge in [-0.05, 0) is 24.6 Å². The fourth-order valence-corrected chi connectivity index (χ4v) is 5.93. The molecule has 0 fully saturated rings. The molecule has 17 heteroatoms. The van der Waals surface area contributed by atoms with Crippen molar-refractivity contribution in [1.82, 2.24) is 0 Å². The number of ketones is 1. The number of Topliss-reactive ketones (excluding diaryl/α,β-unsaturated/α-hetero) is 1. The summed E-state index contributed by atoms with van der Waals surface area (Å²) in [4.78, 5) is 25.4. The zero-order valence-corrected chi connectivity index (χ0v) is 23.7. The molecule has 0 bridgehead atoms. The minimum Gasteiger partial charge on any atom is -0.467 e. The lowest BCUT2D eigenvalue weighted by molar-refractivity contribution is -0.126. The smallest absolute Gasteiger partial charge is 0.338 e. The van der Waals surface area contributed by atoms with E-state index in [0.717, 1.165) is 27.3 Å². The number of esters is 1. The predicted molar refractivity (Wildman–Crippen MR) is 166 cm³/mol. The summed E-state index contributed by atoms with van der Waals surface area (Å²) >= 11 is 0. The van der Waals surface area contributed by atoms with Gasteiger partial charge in [0.25, 0.3) is 0 Å². The summed E-state index contributed by atoms with van der Waals surface area (Å²) in [5.41, 5.74) is 10.5. The molecule has 2 aromatic rings. The molecule has 0 saturated heterocycles. The van der Waals surface area contributed by atoms with Crippen molar-refractivity contribution in [3.05, 3.63) is 52.6 Å². The van der Waals surface area contributed by atoms with E-state index in [0.29, 0.717) is 16.7 Å². The van der Waals surface area contributed by atoms with Crippen molar-refractivity contribution in [3.63, 3.8) is 0 Å². The zero-order valence-electron chi connectivity index (χ0n) is 22.9.